The summed E-state index contributed by atoms with van der Waals surface area (Å²) in [7, 11) is -3.49. The van der Waals surface area contributed by atoms with E-state index in [2.05, 4.69) is 0 Å². The third kappa shape index (κ3) is 6.46. The topological polar surface area (TPSA) is 101 Å². The Hall–Kier alpha value is -2.07. The van der Waals surface area contributed by atoms with Gasteiger partial charge < -0.3 is 14.6 Å². The van der Waals surface area contributed by atoms with E-state index in [0.29, 0.717) is 6.07 Å². The molecule has 6 nitrogen and oxygen atoms in total. The fourth-order valence-corrected chi connectivity index (χ4v) is 3.07. The number of hydrogen-bond donors (Lipinski definition) is 0. The summed E-state index contributed by atoms with van der Waals surface area (Å²) < 4.78 is 54.9. The normalized spacial score (nSPS) is 11.9. The molecular weight excluding hydrogens is 417 g/mol. The first kappa shape index (κ1) is 25.0. The number of carbonyl (C=O) groups is 2. The van der Waals surface area contributed by atoms with Crippen molar-refractivity contribution in [2.24, 2.45) is 0 Å². The molecule has 0 heterocycles. The van der Waals surface area contributed by atoms with E-state index in [9.17, 15) is 31.9 Å². The first-order valence-corrected chi connectivity index (χ1v) is 9.73. The Kier molecular flexibility index (Phi) is 8.70. The average Bonchev–Trinajstić information content (AvgIpc) is 2.60. The van der Waals surface area contributed by atoms with Gasteiger partial charge in [0.1, 0.15) is 6.61 Å². The van der Waals surface area contributed by atoms with Gasteiger partial charge in [-0.25, -0.2) is 17.2 Å². The van der Waals surface area contributed by atoms with Gasteiger partial charge in [-0.15, -0.1) is 0 Å². The second-order valence-corrected chi connectivity index (χ2v) is 7.86. The minimum Gasteiger partial charge on any atom is -0.545 e. The third-order valence-electron chi connectivity index (χ3n) is 3.76. The predicted octanol–water partition coefficient (Wildman–Crippen LogP) is -1.40. The number of carbonyl (C=O) groups excluding carboxylic acids is 2. The molecule has 0 spiro atoms. The molecule has 0 aliphatic rings. The van der Waals surface area contributed by atoms with Crippen LogP contribution in [0, 0.1) is 11.6 Å². The molecule has 0 bridgehead atoms. The zero-order valence-electron chi connectivity index (χ0n) is 15.9. The molecule has 0 unspecified atom stereocenters. The van der Waals surface area contributed by atoms with Gasteiger partial charge in [0.15, 0.2) is 21.5 Å². The van der Waals surface area contributed by atoms with Crippen LogP contribution in [-0.2, 0) is 24.2 Å². The van der Waals surface area contributed by atoms with Gasteiger partial charge in [0, 0.05) is 24.3 Å². The molecule has 0 atom stereocenters. The van der Waals surface area contributed by atoms with Gasteiger partial charge in [0.2, 0.25) is 0 Å². The number of ether oxygens (including phenoxy) is 1. The fraction of sp³-hybridized carbons (Fsp3) is 0.158. The smallest absolute Gasteiger partial charge is 0.545 e. The molecule has 0 saturated heterocycles. The van der Waals surface area contributed by atoms with Gasteiger partial charge in [0.05, 0.1) is 10.9 Å². The van der Waals surface area contributed by atoms with Crippen molar-refractivity contribution in [1.82, 2.24) is 0 Å². The van der Waals surface area contributed by atoms with E-state index in [1.165, 1.54) is 24.3 Å². The fourth-order valence-electron chi connectivity index (χ4n) is 2.44. The summed E-state index contributed by atoms with van der Waals surface area (Å²) in [4.78, 5) is 22.9. The van der Waals surface area contributed by atoms with Crippen molar-refractivity contribution < 1.29 is 66.2 Å². The quantitative estimate of drug-likeness (QED) is 0.241. The van der Waals surface area contributed by atoms with Crippen LogP contribution in [-0.4, -0.2) is 33.2 Å². The number of aliphatic carboxylic acids is 1. The van der Waals surface area contributed by atoms with Gasteiger partial charge >= 0.3 is 35.5 Å². The molecule has 10 heteroatoms. The van der Waals surface area contributed by atoms with Crippen LogP contribution in [0.4, 0.5) is 8.78 Å². The molecule has 2 aromatic carbocycles. The van der Waals surface area contributed by atoms with Crippen molar-refractivity contribution in [3.8, 4) is 0 Å². The van der Waals surface area contributed by atoms with Gasteiger partial charge in [0.25, 0.3) is 0 Å². The van der Waals surface area contributed by atoms with Crippen LogP contribution in [0.25, 0.3) is 11.1 Å². The van der Waals surface area contributed by atoms with Crippen molar-refractivity contribution in [2.45, 2.75) is 11.8 Å². The van der Waals surface area contributed by atoms with E-state index in [1.807, 2.05) is 0 Å². The molecule has 2 rings (SSSR count). The molecule has 0 radical (unpaired) electrons. The zero-order chi connectivity index (χ0) is 21.1. The van der Waals surface area contributed by atoms with E-state index in [-0.39, 0.29) is 51.2 Å². The van der Waals surface area contributed by atoms with Gasteiger partial charge in [-0.05, 0) is 35.4 Å². The van der Waals surface area contributed by atoms with E-state index in [1.54, 1.807) is 0 Å². The second kappa shape index (κ2) is 10.1. The van der Waals surface area contributed by atoms with E-state index in [0.717, 1.165) is 25.3 Å². The van der Waals surface area contributed by atoms with Crippen LogP contribution in [0.5, 0.6) is 0 Å². The van der Waals surface area contributed by atoms with Crippen molar-refractivity contribution >= 4 is 32.9 Å². The number of carboxylic acid groups (broad SMARTS) is 1. The standard InChI is InChI=1S/C19H16F2O6S.Na/c1-11(22)27-10-15(12-3-6-14(7-4-12)28(2,25)26)18(19(23)24)13-5-8-16(20)17(21)9-13;/h3-9H,10H2,1-2H3,(H,23,24);/q;+1/p-1/b18-15+;. The third-order valence-corrected chi connectivity index (χ3v) is 4.89. The first-order chi connectivity index (χ1) is 13.0. The van der Waals surface area contributed by atoms with Crippen molar-refractivity contribution in [1.29, 1.82) is 0 Å². The zero-order valence-corrected chi connectivity index (χ0v) is 18.7. The summed E-state index contributed by atoms with van der Waals surface area (Å²) in [6.45, 7) is 0.608. The van der Waals surface area contributed by atoms with Crippen LogP contribution in [0.1, 0.15) is 18.1 Å². The summed E-state index contributed by atoms with van der Waals surface area (Å²) in [5, 5.41) is 11.8. The number of carboxylic acids is 1. The van der Waals surface area contributed by atoms with Crippen LogP contribution >= 0.6 is 0 Å². The van der Waals surface area contributed by atoms with E-state index >= 15 is 0 Å². The maximum absolute atomic E-state index is 13.6. The van der Waals surface area contributed by atoms with Crippen molar-refractivity contribution in [3.63, 3.8) is 0 Å². The van der Waals surface area contributed by atoms with E-state index < -0.39 is 45.6 Å². The molecular formula is C19H15F2NaO6S. The predicted molar refractivity (Wildman–Crippen MR) is 94.4 cm³/mol. The molecule has 0 fully saturated rings. The first-order valence-electron chi connectivity index (χ1n) is 7.84. The number of esters is 1. The van der Waals surface area contributed by atoms with Crippen molar-refractivity contribution in [2.75, 3.05) is 12.9 Å². The molecule has 0 aliphatic carbocycles. The van der Waals surface area contributed by atoms with E-state index in [4.69, 9.17) is 4.74 Å². The average molecular weight is 432 g/mol. The monoisotopic (exact) mass is 432 g/mol. The molecule has 0 amide bonds. The van der Waals surface area contributed by atoms with Gasteiger partial charge in [-0.1, -0.05) is 18.2 Å². The Labute approximate surface area is 188 Å². The largest absolute Gasteiger partial charge is 1.00 e. The Morgan fingerprint density at radius 3 is 2.00 bits per heavy atom. The Morgan fingerprint density at radius 1 is 1.00 bits per heavy atom. The van der Waals surface area contributed by atoms with Crippen LogP contribution in [0.2, 0.25) is 0 Å². The number of halogens is 2. The second-order valence-electron chi connectivity index (χ2n) is 5.85. The minimum absolute atomic E-state index is 0. The summed E-state index contributed by atoms with van der Waals surface area (Å²) in [5.74, 6) is -4.84. The maximum Gasteiger partial charge on any atom is 1.00 e. The Morgan fingerprint density at radius 2 is 1.55 bits per heavy atom. The molecule has 0 saturated carbocycles. The summed E-state index contributed by atoms with van der Waals surface area (Å²) in [6.07, 6.45) is 1.01. The van der Waals surface area contributed by atoms with Crippen LogP contribution in [0.15, 0.2) is 47.4 Å². The molecule has 2 aromatic rings. The minimum atomic E-state index is -3.49. The van der Waals surface area contributed by atoms with Crippen LogP contribution < -0.4 is 34.7 Å². The summed E-state index contributed by atoms with van der Waals surface area (Å²) in [5.41, 5.74) is -0.584. The van der Waals surface area contributed by atoms with Gasteiger partial charge in [-0.2, -0.15) is 0 Å². The number of hydrogen-bond acceptors (Lipinski definition) is 6. The van der Waals surface area contributed by atoms with Crippen molar-refractivity contribution in [3.05, 3.63) is 65.2 Å². The summed E-state index contributed by atoms with van der Waals surface area (Å²) in [6, 6.07) is 7.61. The molecule has 0 aliphatic heterocycles. The molecule has 148 valence electrons. The summed E-state index contributed by atoms with van der Waals surface area (Å²) >= 11 is 0. The number of sulfone groups is 1. The SMILES string of the molecule is CC(=O)OC/C(=C(\C(=O)[O-])c1ccc(F)c(F)c1)c1ccc(S(C)(=O)=O)cc1.[Na+]. The molecule has 0 aromatic heterocycles. The maximum atomic E-state index is 13.6. The van der Waals surface area contributed by atoms with Crippen LogP contribution in [0.3, 0.4) is 0 Å². The Bertz CT molecular complexity index is 1060. The Balaban J connectivity index is 0.00000420. The molecule has 29 heavy (non-hydrogen) atoms. The number of benzene rings is 2. The van der Waals surface area contributed by atoms with Gasteiger partial charge in [-0.3, -0.25) is 4.79 Å². The molecule has 0 N–H and O–H groups in total. The number of rotatable bonds is 6.